The van der Waals surface area contributed by atoms with Crippen molar-refractivity contribution in [2.45, 2.75) is 32.4 Å². The van der Waals surface area contributed by atoms with Crippen LogP contribution in [0.4, 0.5) is 11.4 Å². The molecular formula is C29H28N2O7. The normalized spacial score (nSPS) is 20.5. The Morgan fingerprint density at radius 2 is 1.63 bits per heavy atom. The van der Waals surface area contributed by atoms with E-state index in [1.807, 2.05) is 62.4 Å². The Morgan fingerprint density at radius 1 is 0.895 bits per heavy atom. The van der Waals surface area contributed by atoms with Gasteiger partial charge in [-0.1, -0.05) is 31.2 Å². The third-order valence-electron chi connectivity index (χ3n) is 6.57. The lowest BCUT2D eigenvalue weighted by molar-refractivity contribution is -0.126. The Labute approximate surface area is 220 Å². The van der Waals surface area contributed by atoms with E-state index in [2.05, 4.69) is 0 Å². The summed E-state index contributed by atoms with van der Waals surface area (Å²) < 4.78 is 11.7. The number of carboxylic acids is 1. The molecule has 0 bridgehead atoms. The van der Waals surface area contributed by atoms with Crippen molar-refractivity contribution in [3.05, 3.63) is 83.9 Å². The maximum absolute atomic E-state index is 13.8. The van der Waals surface area contributed by atoms with Gasteiger partial charge in [0.2, 0.25) is 5.91 Å². The molecule has 0 radical (unpaired) electrons. The number of fused-ring (bicyclic) bond motifs is 1. The van der Waals surface area contributed by atoms with Crippen LogP contribution in [0, 0.1) is 5.92 Å². The summed E-state index contributed by atoms with van der Waals surface area (Å²) in [6.07, 6.45) is -0.201. The number of carboxylic acid groups (broad SMARTS) is 1. The van der Waals surface area contributed by atoms with E-state index in [9.17, 15) is 19.5 Å². The number of aromatic carboxylic acids is 1. The van der Waals surface area contributed by atoms with Gasteiger partial charge in [-0.3, -0.25) is 14.4 Å². The molecule has 0 spiro atoms. The summed E-state index contributed by atoms with van der Waals surface area (Å²) in [7, 11) is 0. The van der Waals surface area contributed by atoms with Crippen LogP contribution in [0.1, 0.15) is 42.2 Å². The van der Waals surface area contributed by atoms with E-state index >= 15 is 0 Å². The maximum Gasteiger partial charge on any atom is 0.335 e. The fourth-order valence-corrected chi connectivity index (χ4v) is 4.87. The summed E-state index contributed by atoms with van der Waals surface area (Å²) >= 11 is 0. The molecular weight excluding hydrogens is 488 g/mol. The SMILES string of the molecule is CCCOc1ccc([C@@H]2[C@H]3C(=O)N(c4ccc(C(=O)O)cc4)C(=O)[C@@H]3ON2c2ccccc2)cc1OCC. The molecule has 2 saturated heterocycles. The molecule has 2 aliphatic rings. The number of hydrogen-bond donors (Lipinski definition) is 1. The number of amides is 2. The summed E-state index contributed by atoms with van der Waals surface area (Å²) in [4.78, 5) is 45.9. The van der Waals surface area contributed by atoms with Crippen molar-refractivity contribution in [3.63, 3.8) is 0 Å². The van der Waals surface area contributed by atoms with Gasteiger partial charge in [0, 0.05) is 0 Å². The van der Waals surface area contributed by atoms with Crippen molar-refractivity contribution in [1.29, 1.82) is 0 Å². The number of nitrogens with zero attached hydrogens (tertiary/aromatic N) is 2. The van der Waals surface area contributed by atoms with Gasteiger partial charge < -0.3 is 14.6 Å². The third kappa shape index (κ3) is 4.45. The van der Waals surface area contributed by atoms with Crippen molar-refractivity contribution in [3.8, 4) is 11.5 Å². The molecule has 196 valence electrons. The van der Waals surface area contributed by atoms with Gasteiger partial charge in [-0.15, -0.1) is 0 Å². The molecule has 0 saturated carbocycles. The Hall–Kier alpha value is -4.37. The lowest BCUT2D eigenvalue weighted by atomic mass is 9.90. The fraction of sp³-hybridized carbons (Fsp3) is 0.276. The van der Waals surface area contributed by atoms with Crippen LogP contribution < -0.4 is 19.4 Å². The van der Waals surface area contributed by atoms with Gasteiger partial charge in [-0.05, 0) is 67.4 Å². The van der Waals surface area contributed by atoms with Crippen LogP contribution in [0.15, 0.2) is 72.8 Å². The van der Waals surface area contributed by atoms with Crippen LogP contribution in [0.25, 0.3) is 0 Å². The topological polar surface area (TPSA) is 106 Å². The molecule has 2 fully saturated rings. The standard InChI is InChI=1S/C29H28N2O7/c1-3-16-37-22-15-12-19(17-23(22)36-4-2)25-24-26(38-31(25)21-8-6-5-7-9-21)28(33)30(27(24)32)20-13-10-18(11-14-20)29(34)35/h5-15,17,24-26H,3-4,16H2,1-2H3,(H,34,35)/t24-,25-,26-/m1/s1. The zero-order chi connectivity index (χ0) is 26.8. The van der Waals surface area contributed by atoms with Crippen molar-refractivity contribution in [2.24, 2.45) is 5.92 Å². The molecule has 3 aromatic carbocycles. The van der Waals surface area contributed by atoms with E-state index in [0.29, 0.717) is 36.1 Å². The van der Waals surface area contributed by atoms with Gasteiger partial charge >= 0.3 is 5.97 Å². The van der Waals surface area contributed by atoms with E-state index in [-0.39, 0.29) is 5.56 Å². The van der Waals surface area contributed by atoms with E-state index in [1.165, 1.54) is 24.3 Å². The van der Waals surface area contributed by atoms with Crippen LogP contribution >= 0.6 is 0 Å². The van der Waals surface area contributed by atoms with E-state index < -0.39 is 35.8 Å². The Kier molecular flexibility index (Phi) is 7.02. The average Bonchev–Trinajstić information content (AvgIpc) is 3.44. The molecule has 9 nitrogen and oxygen atoms in total. The highest BCUT2D eigenvalue weighted by molar-refractivity contribution is 6.24. The molecule has 0 aliphatic carbocycles. The molecule has 0 aromatic heterocycles. The van der Waals surface area contributed by atoms with E-state index in [1.54, 1.807) is 5.06 Å². The minimum atomic E-state index is -1.09. The fourth-order valence-electron chi connectivity index (χ4n) is 4.87. The van der Waals surface area contributed by atoms with Gasteiger partial charge in [-0.25, -0.2) is 14.8 Å². The zero-order valence-corrected chi connectivity index (χ0v) is 21.1. The van der Waals surface area contributed by atoms with Crippen molar-refractivity contribution in [1.82, 2.24) is 0 Å². The minimum absolute atomic E-state index is 0.0613. The molecule has 2 aliphatic heterocycles. The summed E-state index contributed by atoms with van der Waals surface area (Å²) in [5.41, 5.74) is 1.80. The number of imide groups is 1. The quantitative estimate of drug-likeness (QED) is 0.411. The predicted molar refractivity (Wildman–Crippen MR) is 139 cm³/mol. The Bertz CT molecular complexity index is 1340. The monoisotopic (exact) mass is 516 g/mol. The minimum Gasteiger partial charge on any atom is -0.490 e. The van der Waals surface area contributed by atoms with Crippen LogP contribution in [-0.4, -0.2) is 42.2 Å². The van der Waals surface area contributed by atoms with Gasteiger partial charge in [-0.2, -0.15) is 0 Å². The molecule has 3 atom stereocenters. The lowest BCUT2D eigenvalue weighted by Gasteiger charge is -2.29. The number of hydrogen-bond acceptors (Lipinski definition) is 7. The number of hydroxylamine groups is 1. The highest BCUT2D eigenvalue weighted by Crippen LogP contribution is 2.48. The molecule has 5 rings (SSSR count). The summed E-state index contributed by atoms with van der Waals surface area (Å²) in [6, 6.07) is 19.8. The third-order valence-corrected chi connectivity index (χ3v) is 6.57. The molecule has 38 heavy (non-hydrogen) atoms. The van der Waals surface area contributed by atoms with Gasteiger partial charge in [0.15, 0.2) is 17.6 Å². The number of ether oxygens (including phenoxy) is 2. The van der Waals surface area contributed by atoms with Crippen LogP contribution in [-0.2, 0) is 14.4 Å². The molecule has 3 aromatic rings. The number of rotatable bonds is 9. The lowest BCUT2D eigenvalue weighted by Crippen LogP contribution is -2.37. The first-order valence-electron chi connectivity index (χ1n) is 12.6. The maximum atomic E-state index is 13.8. The van der Waals surface area contributed by atoms with Gasteiger partial charge in [0.05, 0.1) is 36.2 Å². The van der Waals surface area contributed by atoms with Gasteiger partial charge in [0.1, 0.15) is 5.92 Å². The number of anilines is 2. The molecule has 1 N–H and O–H groups in total. The predicted octanol–water partition coefficient (Wildman–Crippen LogP) is 4.62. The second kappa shape index (κ2) is 10.5. The highest BCUT2D eigenvalue weighted by Gasteiger charge is 2.60. The van der Waals surface area contributed by atoms with E-state index in [4.69, 9.17) is 14.3 Å². The smallest absolute Gasteiger partial charge is 0.335 e. The Balaban J connectivity index is 1.55. The van der Waals surface area contributed by atoms with Crippen LogP contribution in [0.5, 0.6) is 11.5 Å². The van der Waals surface area contributed by atoms with Crippen molar-refractivity contribution in [2.75, 3.05) is 23.2 Å². The zero-order valence-electron chi connectivity index (χ0n) is 21.1. The summed E-state index contributed by atoms with van der Waals surface area (Å²) in [6.45, 7) is 4.87. The molecule has 2 amide bonds. The first kappa shape index (κ1) is 25.3. The molecule has 0 unspecified atom stereocenters. The largest absolute Gasteiger partial charge is 0.490 e. The second-order valence-corrected chi connectivity index (χ2v) is 9.01. The Morgan fingerprint density at radius 3 is 2.29 bits per heavy atom. The summed E-state index contributed by atoms with van der Waals surface area (Å²) in [5, 5.41) is 10.8. The van der Waals surface area contributed by atoms with Crippen LogP contribution in [0.3, 0.4) is 0 Å². The number of benzene rings is 3. The average molecular weight is 517 g/mol. The first-order valence-corrected chi connectivity index (χ1v) is 12.6. The molecule has 2 heterocycles. The number of carbonyl (C=O) groups excluding carboxylic acids is 2. The second-order valence-electron chi connectivity index (χ2n) is 9.01. The van der Waals surface area contributed by atoms with E-state index in [0.717, 1.165) is 16.9 Å². The number of carbonyl (C=O) groups is 3. The van der Waals surface area contributed by atoms with Crippen molar-refractivity contribution < 1.29 is 33.8 Å². The molecule has 9 heteroatoms. The van der Waals surface area contributed by atoms with Crippen LogP contribution in [0.2, 0.25) is 0 Å². The van der Waals surface area contributed by atoms with Crippen molar-refractivity contribution >= 4 is 29.2 Å². The van der Waals surface area contributed by atoms with Gasteiger partial charge in [0.25, 0.3) is 5.91 Å². The first-order chi connectivity index (χ1) is 18.4. The summed E-state index contributed by atoms with van der Waals surface area (Å²) in [5.74, 6) is -1.69. The highest BCUT2D eigenvalue weighted by atomic mass is 16.7. The number of para-hydroxylation sites is 1.